The average Bonchev–Trinajstić information content (AvgIpc) is 2.86. The molecule has 1 aromatic heterocycles. The average molecular weight is 328 g/mol. The zero-order valence-corrected chi connectivity index (χ0v) is 14.4. The number of hydrogen-bond donors (Lipinski definition) is 0. The molecule has 1 heterocycles. The van der Waals surface area contributed by atoms with Crippen molar-refractivity contribution in [3.63, 3.8) is 0 Å². The van der Waals surface area contributed by atoms with Crippen molar-refractivity contribution >= 4 is 23.0 Å². The van der Waals surface area contributed by atoms with E-state index in [0.29, 0.717) is 6.67 Å². The highest BCUT2D eigenvalue weighted by atomic mass is 32.1. The van der Waals surface area contributed by atoms with Crippen LogP contribution in [0.4, 0.5) is 0 Å². The number of hydrogen-bond acceptors (Lipinski definition) is 4. The van der Waals surface area contributed by atoms with E-state index in [0.717, 1.165) is 17.1 Å². The van der Waals surface area contributed by atoms with E-state index in [1.165, 1.54) is 16.3 Å². The summed E-state index contributed by atoms with van der Waals surface area (Å²) in [6.07, 6.45) is 1.74. The first-order chi connectivity index (χ1) is 11.1. The Morgan fingerprint density at radius 1 is 1.17 bits per heavy atom. The molecule has 0 aliphatic carbocycles. The first-order valence-electron chi connectivity index (χ1n) is 7.40. The summed E-state index contributed by atoms with van der Waals surface area (Å²) in [5.41, 5.74) is 1.26. The second-order valence-electron chi connectivity index (χ2n) is 5.73. The van der Waals surface area contributed by atoms with Gasteiger partial charge in [0, 0.05) is 13.6 Å². The van der Waals surface area contributed by atoms with E-state index in [2.05, 4.69) is 47.4 Å². The lowest BCUT2D eigenvalue weighted by molar-refractivity contribution is 0.244. The summed E-state index contributed by atoms with van der Waals surface area (Å²) in [6.45, 7) is 1.50. The Labute approximate surface area is 140 Å². The highest BCUT2D eigenvalue weighted by Crippen LogP contribution is 2.22. The Morgan fingerprint density at radius 3 is 2.61 bits per heavy atom. The van der Waals surface area contributed by atoms with Gasteiger partial charge in [0.15, 0.2) is 4.77 Å². The lowest BCUT2D eigenvalue weighted by atomic mass is 10.1. The van der Waals surface area contributed by atoms with Crippen LogP contribution in [0.2, 0.25) is 0 Å². The van der Waals surface area contributed by atoms with E-state index in [1.807, 2.05) is 22.4 Å². The third-order valence-corrected chi connectivity index (χ3v) is 4.33. The van der Waals surface area contributed by atoms with Gasteiger partial charge in [-0.2, -0.15) is 5.10 Å². The highest BCUT2D eigenvalue weighted by molar-refractivity contribution is 7.71. The maximum Gasteiger partial charge on any atom is 0.198 e. The molecular formula is C17H20N4OS. The van der Waals surface area contributed by atoms with Gasteiger partial charge in [0.1, 0.15) is 12.1 Å². The van der Waals surface area contributed by atoms with Crippen molar-refractivity contribution in [1.29, 1.82) is 0 Å². The second kappa shape index (κ2) is 6.52. The summed E-state index contributed by atoms with van der Waals surface area (Å²) in [4.78, 5) is 2.19. The highest BCUT2D eigenvalue weighted by Gasteiger charge is 2.05. The molecule has 0 atom stereocenters. The fraction of sp³-hybridized carbons (Fsp3) is 0.294. The fourth-order valence-corrected chi connectivity index (χ4v) is 2.76. The van der Waals surface area contributed by atoms with E-state index in [4.69, 9.17) is 17.0 Å². The number of nitrogens with zero attached hydrogens (tertiary/aromatic N) is 4. The molecule has 0 saturated carbocycles. The molecule has 0 saturated heterocycles. The Morgan fingerprint density at radius 2 is 1.91 bits per heavy atom. The number of methoxy groups -OCH3 is 1. The number of rotatable bonds is 5. The van der Waals surface area contributed by atoms with Crippen LogP contribution in [0.25, 0.3) is 10.8 Å². The van der Waals surface area contributed by atoms with Gasteiger partial charge >= 0.3 is 0 Å². The lowest BCUT2D eigenvalue weighted by Gasteiger charge is -2.17. The van der Waals surface area contributed by atoms with E-state index in [9.17, 15) is 0 Å². The topological polar surface area (TPSA) is 35.2 Å². The van der Waals surface area contributed by atoms with Gasteiger partial charge in [-0.15, -0.1) is 0 Å². The molecule has 2 aromatic carbocycles. The number of ether oxygens (including phenoxy) is 1. The second-order valence-corrected chi connectivity index (χ2v) is 6.09. The molecule has 23 heavy (non-hydrogen) atoms. The fourth-order valence-electron chi connectivity index (χ4n) is 2.61. The van der Waals surface area contributed by atoms with Crippen molar-refractivity contribution in [1.82, 2.24) is 19.2 Å². The Bertz CT molecular complexity index is 884. The van der Waals surface area contributed by atoms with E-state index >= 15 is 0 Å². The molecule has 6 heteroatoms. The minimum Gasteiger partial charge on any atom is -0.497 e. The van der Waals surface area contributed by atoms with Crippen LogP contribution in [0, 0.1) is 4.77 Å². The van der Waals surface area contributed by atoms with Crippen LogP contribution in [0.5, 0.6) is 5.75 Å². The summed E-state index contributed by atoms with van der Waals surface area (Å²) in [6, 6.07) is 12.6. The van der Waals surface area contributed by atoms with Crippen LogP contribution in [0.15, 0.2) is 42.7 Å². The van der Waals surface area contributed by atoms with Crippen molar-refractivity contribution in [2.75, 3.05) is 14.2 Å². The molecule has 0 unspecified atom stereocenters. The lowest BCUT2D eigenvalue weighted by Crippen LogP contribution is -2.22. The summed E-state index contributed by atoms with van der Waals surface area (Å²) in [5, 5.41) is 6.68. The quantitative estimate of drug-likeness (QED) is 0.674. The van der Waals surface area contributed by atoms with Crippen LogP contribution < -0.4 is 4.74 Å². The molecule has 0 N–H and O–H groups in total. The SMILES string of the molecule is COc1ccc2cc(CN(C)Cn3ncn(C)c3=S)ccc2c1. The molecule has 3 rings (SSSR count). The molecule has 0 bridgehead atoms. The smallest absolute Gasteiger partial charge is 0.198 e. The molecule has 0 spiro atoms. The van der Waals surface area contributed by atoms with E-state index < -0.39 is 0 Å². The molecule has 0 aliphatic rings. The Balaban J connectivity index is 1.75. The van der Waals surface area contributed by atoms with Crippen molar-refractivity contribution < 1.29 is 4.74 Å². The molecular weight excluding hydrogens is 308 g/mol. The van der Waals surface area contributed by atoms with Gasteiger partial charge in [-0.3, -0.25) is 4.90 Å². The monoisotopic (exact) mass is 328 g/mol. The third-order valence-electron chi connectivity index (χ3n) is 3.83. The Kier molecular flexibility index (Phi) is 4.45. The predicted octanol–water partition coefficient (Wildman–Crippen LogP) is 3.20. The third kappa shape index (κ3) is 3.43. The summed E-state index contributed by atoms with van der Waals surface area (Å²) < 4.78 is 9.65. The molecule has 0 amide bonds. The van der Waals surface area contributed by atoms with Gasteiger partial charge in [-0.05, 0) is 53.8 Å². The maximum atomic E-state index is 5.32. The molecule has 3 aromatic rings. The largest absolute Gasteiger partial charge is 0.497 e. The molecule has 120 valence electrons. The number of fused-ring (bicyclic) bond motifs is 1. The van der Waals surface area contributed by atoms with Crippen LogP contribution in [0.1, 0.15) is 5.56 Å². The van der Waals surface area contributed by atoms with Gasteiger partial charge in [0.25, 0.3) is 0 Å². The standard InChI is InChI=1S/C17H20N4OS/c1-19(12-21-17(23)20(2)11-18-21)10-13-4-5-15-9-16(22-3)7-6-14(15)8-13/h4-9,11H,10,12H2,1-3H3. The Hall–Kier alpha value is -2.18. The number of benzene rings is 2. The molecule has 0 aliphatic heterocycles. The summed E-state index contributed by atoms with van der Waals surface area (Å²) in [5.74, 6) is 0.881. The van der Waals surface area contributed by atoms with E-state index in [-0.39, 0.29) is 0 Å². The van der Waals surface area contributed by atoms with Crippen LogP contribution >= 0.6 is 12.2 Å². The van der Waals surface area contributed by atoms with Gasteiger partial charge in [0.05, 0.1) is 13.8 Å². The van der Waals surface area contributed by atoms with Crippen LogP contribution in [-0.4, -0.2) is 33.4 Å². The van der Waals surface area contributed by atoms with Crippen molar-refractivity contribution in [3.8, 4) is 5.75 Å². The van der Waals surface area contributed by atoms with E-state index in [1.54, 1.807) is 13.4 Å². The van der Waals surface area contributed by atoms with Crippen LogP contribution in [-0.2, 0) is 20.3 Å². The van der Waals surface area contributed by atoms with Gasteiger partial charge in [0.2, 0.25) is 0 Å². The predicted molar refractivity (Wildman–Crippen MR) is 94.0 cm³/mol. The molecule has 0 radical (unpaired) electrons. The minimum atomic E-state index is 0.667. The zero-order valence-electron chi connectivity index (χ0n) is 13.6. The molecule has 5 nitrogen and oxygen atoms in total. The van der Waals surface area contributed by atoms with Gasteiger partial charge < -0.3 is 9.30 Å². The zero-order chi connectivity index (χ0) is 16.4. The van der Waals surface area contributed by atoms with Crippen molar-refractivity contribution in [3.05, 3.63) is 53.1 Å². The van der Waals surface area contributed by atoms with Crippen LogP contribution in [0.3, 0.4) is 0 Å². The normalized spacial score (nSPS) is 11.3. The first-order valence-corrected chi connectivity index (χ1v) is 7.81. The van der Waals surface area contributed by atoms with Gasteiger partial charge in [-0.25, -0.2) is 4.68 Å². The first kappa shape index (κ1) is 15.7. The number of aryl methyl sites for hydroxylation is 1. The minimum absolute atomic E-state index is 0.667. The summed E-state index contributed by atoms with van der Waals surface area (Å²) in [7, 11) is 5.66. The van der Waals surface area contributed by atoms with Crippen molar-refractivity contribution in [2.24, 2.45) is 7.05 Å². The maximum absolute atomic E-state index is 5.32. The van der Waals surface area contributed by atoms with Crippen molar-refractivity contribution in [2.45, 2.75) is 13.2 Å². The molecule has 0 fully saturated rings. The van der Waals surface area contributed by atoms with Gasteiger partial charge in [-0.1, -0.05) is 18.2 Å². The number of aromatic nitrogens is 3. The summed E-state index contributed by atoms with van der Waals surface area (Å²) >= 11 is 5.32.